The topological polar surface area (TPSA) is 38.3 Å². The van der Waals surface area contributed by atoms with Crippen LogP contribution in [0.5, 0.6) is 5.75 Å². The fourth-order valence-electron chi connectivity index (χ4n) is 3.08. The van der Waals surface area contributed by atoms with Crippen molar-refractivity contribution in [3.8, 4) is 16.9 Å². The van der Waals surface area contributed by atoms with Gasteiger partial charge in [0.05, 0.1) is 0 Å². The van der Waals surface area contributed by atoms with Gasteiger partial charge in [-0.25, -0.2) is 0 Å². The van der Waals surface area contributed by atoms with Crippen molar-refractivity contribution in [2.75, 3.05) is 11.9 Å². The van der Waals surface area contributed by atoms with Gasteiger partial charge >= 0.3 is 0 Å². The molecule has 0 aliphatic carbocycles. The van der Waals surface area contributed by atoms with Crippen LogP contribution in [0.2, 0.25) is 0 Å². The normalized spacial score (nSPS) is 10.4. The molecular weight excluding hydrogens is 322 g/mol. The monoisotopic (exact) mass is 345 g/mol. The van der Waals surface area contributed by atoms with Crippen molar-refractivity contribution in [1.29, 1.82) is 0 Å². The molecule has 3 nitrogen and oxygen atoms in total. The molecular formula is C23H23NO2. The van der Waals surface area contributed by atoms with Crippen LogP contribution in [0.4, 0.5) is 5.69 Å². The fourth-order valence-corrected chi connectivity index (χ4v) is 3.08. The van der Waals surface area contributed by atoms with E-state index in [4.69, 9.17) is 4.74 Å². The molecule has 0 saturated heterocycles. The maximum Gasteiger partial charge on any atom is 0.262 e. The first-order valence-corrected chi connectivity index (χ1v) is 8.69. The summed E-state index contributed by atoms with van der Waals surface area (Å²) in [5.74, 6) is 0.518. The number of ether oxygens (including phenoxy) is 1. The van der Waals surface area contributed by atoms with Gasteiger partial charge < -0.3 is 10.1 Å². The van der Waals surface area contributed by atoms with E-state index in [1.807, 2.05) is 63.2 Å². The highest BCUT2D eigenvalue weighted by molar-refractivity contribution is 5.93. The Kier molecular flexibility index (Phi) is 5.37. The number of hydrogen-bond acceptors (Lipinski definition) is 2. The van der Waals surface area contributed by atoms with E-state index < -0.39 is 0 Å². The molecule has 0 atom stereocenters. The van der Waals surface area contributed by atoms with Gasteiger partial charge in [0.1, 0.15) is 5.75 Å². The first-order valence-electron chi connectivity index (χ1n) is 8.69. The van der Waals surface area contributed by atoms with E-state index in [0.717, 1.165) is 27.9 Å². The summed E-state index contributed by atoms with van der Waals surface area (Å²) in [6, 6.07) is 22.0. The number of hydrogen-bond donors (Lipinski definition) is 1. The Morgan fingerprint density at radius 2 is 1.42 bits per heavy atom. The first kappa shape index (κ1) is 17.7. The minimum absolute atomic E-state index is 0.0164. The lowest BCUT2D eigenvalue weighted by Gasteiger charge is -2.13. The second-order valence-corrected chi connectivity index (χ2v) is 6.50. The van der Waals surface area contributed by atoms with E-state index >= 15 is 0 Å². The van der Waals surface area contributed by atoms with Crippen LogP contribution in [0.1, 0.15) is 16.7 Å². The van der Waals surface area contributed by atoms with E-state index in [1.165, 1.54) is 5.56 Å². The third kappa shape index (κ3) is 4.31. The van der Waals surface area contributed by atoms with Crippen molar-refractivity contribution in [3.63, 3.8) is 0 Å². The van der Waals surface area contributed by atoms with Crippen molar-refractivity contribution in [1.82, 2.24) is 0 Å². The highest BCUT2D eigenvalue weighted by Crippen LogP contribution is 2.23. The molecule has 0 fully saturated rings. The quantitative estimate of drug-likeness (QED) is 0.682. The Morgan fingerprint density at radius 1 is 0.846 bits per heavy atom. The van der Waals surface area contributed by atoms with Crippen molar-refractivity contribution in [2.45, 2.75) is 20.8 Å². The molecule has 0 unspecified atom stereocenters. The van der Waals surface area contributed by atoms with E-state index in [1.54, 1.807) is 0 Å². The van der Waals surface area contributed by atoms with Gasteiger partial charge in [-0.05, 0) is 55.2 Å². The van der Waals surface area contributed by atoms with Crippen LogP contribution in [0.3, 0.4) is 0 Å². The maximum atomic E-state index is 12.2. The summed E-state index contributed by atoms with van der Waals surface area (Å²) in [6.07, 6.45) is 0. The van der Waals surface area contributed by atoms with Crippen LogP contribution in [-0.2, 0) is 4.79 Å². The molecule has 0 aliphatic heterocycles. The molecule has 26 heavy (non-hydrogen) atoms. The van der Waals surface area contributed by atoms with E-state index in [9.17, 15) is 4.79 Å². The summed E-state index contributed by atoms with van der Waals surface area (Å²) in [5.41, 5.74) is 6.44. The summed E-state index contributed by atoms with van der Waals surface area (Å²) in [7, 11) is 0. The zero-order valence-corrected chi connectivity index (χ0v) is 15.4. The molecule has 3 aromatic carbocycles. The van der Waals surface area contributed by atoms with Crippen molar-refractivity contribution in [2.24, 2.45) is 0 Å². The van der Waals surface area contributed by atoms with Crippen LogP contribution in [0.25, 0.3) is 11.1 Å². The average molecular weight is 345 g/mol. The zero-order valence-electron chi connectivity index (χ0n) is 15.4. The molecule has 0 bridgehead atoms. The van der Waals surface area contributed by atoms with Crippen LogP contribution >= 0.6 is 0 Å². The average Bonchev–Trinajstić information content (AvgIpc) is 2.64. The van der Waals surface area contributed by atoms with Crippen molar-refractivity contribution < 1.29 is 9.53 Å². The zero-order chi connectivity index (χ0) is 18.5. The molecule has 3 heteroatoms. The van der Waals surface area contributed by atoms with E-state index in [-0.39, 0.29) is 12.5 Å². The lowest BCUT2D eigenvalue weighted by atomic mass is 10.1. The van der Waals surface area contributed by atoms with Gasteiger partial charge in [-0.3, -0.25) is 4.79 Å². The molecule has 3 rings (SSSR count). The molecule has 1 amide bonds. The number of rotatable bonds is 5. The number of carbonyl (C=O) groups excluding carboxylic acids is 1. The lowest BCUT2D eigenvalue weighted by molar-refractivity contribution is -0.118. The predicted octanol–water partition coefficient (Wildman–Crippen LogP) is 5.30. The number of nitrogens with one attached hydrogen (secondary N) is 1. The summed E-state index contributed by atoms with van der Waals surface area (Å²) >= 11 is 0. The Hall–Kier alpha value is -3.07. The summed E-state index contributed by atoms with van der Waals surface area (Å²) in [4.78, 5) is 12.2. The Balaban J connectivity index is 1.60. The Morgan fingerprint density at radius 3 is 2.04 bits per heavy atom. The number of aryl methyl sites for hydroxylation is 3. The Bertz CT molecular complexity index is 876. The van der Waals surface area contributed by atoms with Gasteiger partial charge in [0.25, 0.3) is 5.91 Å². The highest BCUT2D eigenvalue weighted by atomic mass is 16.5. The molecule has 0 aromatic heterocycles. The highest BCUT2D eigenvalue weighted by Gasteiger charge is 2.09. The molecule has 0 saturated carbocycles. The second kappa shape index (κ2) is 7.87. The SMILES string of the molecule is Cc1cc(C)c(NC(=O)COc2ccc(-c3ccccc3)cc2)c(C)c1. The molecule has 0 heterocycles. The lowest BCUT2D eigenvalue weighted by Crippen LogP contribution is -2.21. The van der Waals surface area contributed by atoms with Gasteiger partial charge in [0, 0.05) is 5.69 Å². The molecule has 0 spiro atoms. The van der Waals surface area contributed by atoms with Crippen LogP contribution in [-0.4, -0.2) is 12.5 Å². The third-order valence-electron chi connectivity index (χ3n) is 4.27. The van der Waals surface area contributed by atoms with E-state index in [0.29, 0.717) is 5.75 Å². The number of anilines is 1. The molecule has 3 aromatic rings. The fraction of sp³-hybridized carbons (Fsp3) is 0.174. The van der Waals surface area contributed by atoms with Gasteiger partial charge in [-0.1, -0.05) is 60.2 Å². The number of benzene rings is 3. The summed E-state index contributed by atoms with van der Waals surface area (Å²) in [5, 5.41) is 2.95. The van der Waals surface area contributed by atoms with Crippen LogP contribution < -0.4 is 10.1 Å². The smallest absolute Gasteiger partial charge is 0.262 e. The molecule has 0 aliphatic rings. The number of carbonyl (C=O) groups is 1. The molecule has 0 radical (unpaired) electrons. The minimum Gasteiger partial charge on any atom is -0.484 e. The second-order valence-electron chi connectivity index (χ2n) is 6.50. The third-order valence-corrected chi connectivity index (χ3v) is 4.27. The Labute approximate surface area is 154 Å². The largest absolute Gasteiger partial charge is 0.484 e. The van der Waals surface area contributed by atoms with Gasteiger partial charge in [0.15, 0.2) is 6.61 Å². The predicted molar refractivity (Wildman–Crippen MR) is 107 cm³/mol. The molecule has 132 valence electrons. The first-order chi connectivity index (χ1) is 12.5. The standard InChI is InChI=1S/C23H23NO2/c1-16-13-17(2)23(18(3)14-16)24-22(25)15-26-21-11-9-20(10-12-21)19-7-5-4-6-8-19/h4-14H,15H2,1-3H3,(H,24,25). The van der Waals surface area contributed by atoms with Gasteiger partial charge in [-0.15, -0.1) is 0 Å². The van der Waals surface area contributed by atoms with E-state index in [2.05, 4.69) is 29.6 Å². The van der Waals surface area contributed by atoms with Gasteiger partial charge in [0.2, 0.25) is 0 Å². The van der Waals surface area contributed by atoms with Crippen LogP contribution in [0, 0.1) is 20.8 Å². The van der Waals surface area contributed by atoms with Crippen molar-refractivity contribution in [3.05, 3.63) is 83.4 Å². The number of amides is 1. The summed E-state index contributed by atoms with van der Waals surface area (Å²) < 4.78 is 5.62. The van der Waals surface area contributed by atoms with Crippen LogP contribution in [0.15, 0.2) is 66.7 Å². The maximum absolute atomic E-state index is 12.2. The summed E-state index contributed by atoms with van der Waals surface area (Å²) in [6.45, 7) is 6.03. The van der Waals surface area contributed by atoms with Crippen molar-refractivity contribution >= 4 is 11.6 Å². The van der Waals surface area contributed by atoms with Gasteiger partial charge in [-0.2, -0.15) is 0 Å². The minimum atomic E-state index is -0.160. The molecule has 1 N–H and O–H groups in total.